The number of rotatable bonds is 3. The molecule has 0 fully saturated rings. The fraction of sp³-hybridized carbons (Fsp3) is 0.263. The molecular formula is C19H18N4O3. The number of aryl methyl sites for hydroxylation is 2. The van der Waals surface area contributed by atoms with Gasteiger partial charge >= 0.3 is 0 Å². The van der Waals surface area contributed by atoms with E-state index in [1.54, 1.807) is 32.0 Å². The largest absolute Gasteiger partial charge is 0.441 e. The van der Waals surface area contributed by atoms with E-state index in [1.165, 1.54) is 0 Å². The van der Waals surface area contributed by atoms with Gasteiger partial charge in [-0.3, -0.25) is 4.79 Å². The summed E-state index contributed by atoms with van der Waals surface area (Å²) in [6.07, 6.45) is 0. The molecule has 1 N–H and O–H groups in total. The van der Waals surface area contributed by atoms with Crippen molar-refractivity contribution in [1.29, 1.82) is 0 Å². The van der Waals surface area contributed by atoms with Crippen LogP contribution in [0.15, 0.2) is 33.2 Å². The molecule has 26 heavy (non-hydrogen) atoms. The Labute approximate surface area is 149 Å². The fourth-order valence-corrected chi connectivity index (χ4v) is 2.90. The predicted molar refractivity (Wildman–Crippen MR) is 97.3 cm³/mol. The second-order valence-electron chi connectivity index (χ2n) is 6.57. The zero-order valence-electron chi connectivity index (χ0n) is 15.0. The minimum Gasteiger partial charge on any atom is -0.441 e. The van der Waals surface area contributed by atoms with Crippen LogP contribution < -0.4 is 5.32 Å². The van der Waals surface area contributed by atoms with Crippen molar-refractivity contribution in [3.63, 3.8) is 0 Å². The second kappa shape index (κ2) is 5.94. The molecule has 132 valence electrons. The van der Waals surface area contributed by atoms with Gasteiger partial charge in [-0.1, -0.05) is 19.0 Å². The molecule has 1 aromatic carbocycles. The van der Waals surface area contributed by atoms with E-state index in [-0.39, 0.29) is 11.8 Å². The van der Waals surface area contributed by atoms with Gasteiger partial charge in [0.2, 0.25) is 0 Å². The average Bonchev–Trinajstić information content (AvgIpc) is 3.15. The zero-order chi connectivity index (χ0) is 18.4. The Morgan fingerprint density at radius 2 is 1.96 bits per heavy atom. The lowest BCUT2D eigenvalue weighted by molar-refractivity contribution is 0.102. The first kappa shape index (κ1) is 16.3. The number of hydrogen-bond donors (Lipinski definition) is 1. The molecule has 0 spiro atoms. The lowest BCUT2D eigenvalue weighted by Gasteiger charge is -2.09. The Morgan fingerprint density at radius 3 is 2.73 bits per heavy atom. The quantitative estimate of drug-likeness (QED) is 0.590. The van der Waals surface area contributed by atoms with Gasteiger partial charge in [0.05, 0.1) is 16.6 Å². The Kier molecular flexibility index (Phi) is 3.72. The number of nitrogens with zero attached hydrogens (tertiary/aromatic N) is 3. The number of benzene rings is 1. The molecule has 1 amide bonds. The van der Waals surface area contributed by atoms with Gasteiger partial charge < -0.3 is 14.3 Å². The highest BCUT2D eigenvalue weighted by atomic mass is 16.5. The van der Waals surface area contributed by atoms with Crippen molar-refractivity contribution in [3.05, 3.63) is 47.1 Å². The molecule has 7 heteroatoms. The number of anilines is 1. The van der Waals surface area contributed by atoms with Gasteiger partial charge in [-0.15, -0.1) is 0 Å². The molecule has 4 rings (SSSR count). The Bertz CT molecular complexity index is 1140. The van der Waals surface area contributed by atoms with Crippen LogP contribution in [0.3, 0.4) is 0 Å². The third-order valence-corrected chi connectivity index (χ3v) is 4.23. The van der Waals surface area contributed by atoms with Crippen LogP contribution in [0.5, 0.6) is 0 Å². The summed E-state index contributed by atoms with van der Waals surface area (Å²) >= 11 is 0. The molecule has 0 radical (unpaired) electrons. The SMILES string of the molecule is Cc1nc2ccc(NC(=O)c3cc(C(C)C)nc4onc(C)c34)cc2o1. The van der Waals surface area contributed by atoms with E-state index in [0.29, 0.717) is 39.5 Å². The van der Waals surface area contributed by atoms with Gasteiger partial charge in [0.15, 0.2) is 11.5 Å². The van der Waals surface area contributed by atoms with E-state index in [9.17, 15) is 4.79 Å². The summed E-state index contributed by atoms with van der Waals surface area (Å²) in [6, 6.07) is 7.16. The van der Waals surface area contributed by atoms with Crippen LogP contribution in [0.1, 0.15) is 47.4 Å². The lowest BCUT2D eigenvalue weighted by Crippen LogP contribution is -2.13. The first-order chi connectivity index (χ1) is 12.4. The maximum atomic E-state index is 12.9. The van der Waals surface area contributed by atoms with Crippen LogP contribution in [-0.4, -0.2) is 21.0 Å². The van der Waals surface area contributed by atoms with Crippen molar-refractivity contribution in [2.75, 3.05) is 5.32 Å². The molecule has 0 aliphatic carbocycles. The van der Waals surface area contributed by atoms with Crippen LogP contribution in [0, 0.1) is 13.8 Å². The van der Waals surface area contributed by atoms with Gasteiger partial charge in [0, 0.05) is 24.4 Å². The van der Waals surface area contributed by atoms with Crippen molar-refractivity contribution in [2.24, 2.45) is 0 Å². The first-order valence-corrected chi connectivity index (χ1v) is 8.38. The smallest absolute Gasteiger partial charge is 0.259 e. The Morgan fingerprint density at radius 1 is 1.15 bits per heavy atom. The highest BCUT2D eigenvalue weighted by Crippen LogP contribution is 2.26. The fourth-order valence-electron chi connectivity index (χ4n) is 2.90. The normalized spacial score (nSPS) is 11.6. The Balaban J connectivity index is 1.75. The topological polar surface area (TPSA) is 94.1 Å². The van der Waals surface area contributed by atoms with E-state index in [1.807, 2.05) is 19.9 Å². The van der Waals surface area contributed by atoms with Crippen LogP contribution >= 0.6 is 0 Å². The predicted octanol–water partition coefficient (Wildman–Crippen LogP) is 4.36. The highest BCUT2D eigenvalue weighted by Gasteiger charge is 2.20. The van der Waals surface area contributed by atoms with E-state index < -0.39 is 0 Å². The molecule has 7 nitrogen and oxygen atoms in total. The van der Waals surface area contributed by atoms with Gasteiger partial charge in [-0.2, -0.15) is 0 Å². The summed E-state index contributed by atoms with van der Waals surface area (Å²) in [7, 11) is 0. The summed E-state index contributed by atoms with van der Waals surface area (Å²) in [4.78, 5) is 21.7. The molecular weight excluding hydrogens is 332 g/mol. The van der Waals surface area contributed by atoms with Crippen molar-refractivity contribution < 1.29 is 13.7 Å². The van der Waals surface area contributed by atoms with E-state index in [2.05, 4.69) is 20.4 Å². The number of fused-ring (bicyclic) bond motifs is 2. The van der Waals surface area contributed by atoms with Crippen molar-refractivity contribution in [3.8, 4) is 0 Å². The number of pyridine rings is 1. The number of aromatic nitrogens is 3. The highest BCUT2D eigenvalue weighted by molar-refractivity contribution is 6.12. The third kappa shape index (κ3) is 2.71. The summed E-state index contributed by atoms with van der Waals surface area (Å²) in [5.41, 5.74) is 4.29. The van der Waals surface area contributed by atoms with Gasteiger partial charge in [0.25, 0.3) is 11.6 Å². The summed E-state index contributed by atoms with van der Waals surface area (Å²) in [6.45, 7) is 7.61. The van der Waals surface area contributed by atoms with E-state index in [4.69, 9.17) is 8.94 Å². The molecule has 0 aliphatic heterocycles. The van der Waals surface area contributed by atoms with Crippen LogP contribution in [0.4, 0.5) is 5.69 Å². The van der Waals surface area contributed by atoms with Crippen molar-refractivity contribution >= 4 is 33.8 Å². The first-order valence-electron chi connectivity index (χ1n) is 8.38. The lowest BCUT2D eigenvalue weighted by atomic mass is 10.0. The standard InChI is InChI=1S/C19H18N4O3/c1-9(2)15-8-13(17-10(3)23-26-19(17)22-15)18(24)21-12-5-6-14-16(7-12)25-11(4)20-14/h5-9H,1-4H3,(H,21,24). The molecule has 0 unspecified atom stereocenters. The van der Waals surface area contributed by atoms with Crippen LogP contribution in [0.25, 0.3) is 22.2 Å². The van der Waals surface area contributed by atoms with Crippen molar-refractivity contribution in [1.82, 2.24) is 15.1 Å². The molecule has 3 heterocycles. The van der Waals surface area contributed by atoms with Crippen molar-refractivity contribution in [2.45, 2.75) is 33.6 Å². The minimum absolute atomic E-state index is 0.157. The number of hydrogen-bond acceptors (Lipinski definition) is 6. The molecule has 0 bridgehead atoms. The Hall–Kier alpha value is -3.22. The number of amides is 1. The van der Waals surface area contributed by atoms with E-state index >= 15 is 0 Å². The average molecular weight is 350 g/mol. The summed E-state index contributed by atoms with van der Waals surface area (Å²) in [5.74, 6) is 0.493. The number of carbonyl (C=O) groups is 1. The molecule has 3 aromatic heterocycles. The van der Waals surface area contributed by atoms with Crippen LogP contribution in [0.2, 0.25) is 0 Å². The maximum Gasteiger partial charge on any atom is 0.259 e. The van der Waals surface area contributed by atoms with E-state index in [0.717, 1.165) is 11.2 Å². The van der Waals surface area contributed by atoms with Crippen LogP contribution in [-0.2, 0) is 0 Å². The number of nitrogens with one attached hydrogen (secondary N) is 1. The molecule has 0 saturated heterocycles. The van der Waals surface area contributed by atoms with Gasteiger partial charge in [0.1, 0.15) is 5.52 Å². The second-order valence-corrected chi connectivity index (χ2v) is 6.57. The molecule has 0 saturated carbocycles. The summed E-state index contributed by atoms with van der Waals surface area (Å²) < 4.78 is 10.8. The number of oxazole rings is 1. The van der Waals surface area contributed by atoms with Gasteiger partial charge in [-0.05, 0) is 31.0 Å². The number of carbonyl (C=O) groups excluding carboxylic acids is 1. The maximum absolute atomic E-state index is 12.9. The van der Waals surface area contributed by atoms with Gasteiger partial charge in [-0.25, -0.2) is 9.97 Å². The third-order valence-electron chi connectivity index (χ3n) is 4.23. The molecule has 0 atom stereocenters. The molecule has 0 aliphatic rings. The molecule has 4 aromatic rings. The monoisotopic (exact) mass is 350 g/mol. The summed E-state index contributed by atoms with van der Waals surface area (Å²) in [5, 5.41) is 7.49. The zero-order valence-corrected chi connectivity index (χ0v) is 15.0. The minimum atomic E-state index is -0.249.